The van der Waals surface area contributed by atoms with Crippen LogP contribution in [0.4, 0.5) is 0 Å². The molecule has 9 heavy (non-hydrogen) atoms. The molecule has 0 aromatic heterocycles. The van der Waals surface area contributed by atoms with Gasteiger partial charge in [0.25, 0.3) is 0 Å². The molecular weight excluding hydrogens is 159 g/mol. The molecule has 0 atom stereocenters. The summed E-state index contributed by atoms with van der Waals surface area (Å²) in [5.41, 5.74) is 0. The van der Waals surface area contributed by atoms with Crippen molar-refractivity contribution in [2.24, 2.45) is 4.99 Å². The fourth-order valence-corrected chi connectivity index (χ4v) is 0.439. The van der Waals surface area contributed by atoms with Gasteiger partial charge in [-0.2, -0.15) is 5.26 Å². The molecule has 0 aliphatic rings. The van der Waals surface area contributed by atoms with Gasteiger partial charge in [-0.25, -0.2) is 0 Å². The minimum atomic E-state index is 0.229. The zero-order valence-corrected chi connectivity index (χ0v) is 6.28. The Morgan fingerprint density at radius 1 is 1.67 bits per heavy atom. The van der Waals surface area contributed by atoms with Crippen LogP contribution in [-0.2, 0) is 0 Å². The third-order valence-electron chi connectivity index (χ3n) is 0.617. The van der Waals surface area contributed by atoms with Gasteiger partial charge in [0.15, 0.2) is 0 Å². The van der Waals surface area contributed by atoms with Crippen molar-refractivity contribution in [1.82, 2.24) is 0 Å². The Balaban J connectivity index is 3.35. The highest BCUT2D eigenvalue weighted by Gasteiger charge is 1.87. The largest absolute Gasteiger partial charge is 0.275 e. The van der Waals surface area contributed by atoms with Crippen LogP contribution in [-0.4, -0.2) is 17.6 Å². The van der Waals surface area contributed by atoms with Gasteiger partial charge in [-0.05, 0) is 0 Å². The summed E-state index contributed by atoms with van der Waals surface area (Å²) in [6.45, 7) is 0.446. The zero-order valence-electron chi connectivity index (χ0n) is 4.77. The van der Waals surface area contributed by atoms with Crippen LogP contribution in [0.2, 0.25) is 0 Å². The Morgan fingerprint density at radius 2 is 2.33 bits per heavy atom. The van der Waals surface area contributed by atoms with Crippen LogP contribution in [0.3, 0.4) is 0 Å². The Bertz CT molecular complexity index is 136. The van der Waals surface area contributed by atoms with Crippen LogP contribution in [0.5, 0.6) is 0 Å². The lowest BCUT2D eigenvalue weighted by atomic mass is 10.5. The van der Waals surface area contributed by atoms with Gasteiger partial charge in [-0.1, -0.05) is 11.6 Å². The highest BCUT2D eigenvalue weighted by atomic mass is 35.5. The molecule has 0 aliphatic heterocycles. The first kappa shape index (κ1) is 8.74. The van der Waals surface area contributed by atoms with E-state index in [1.807, 2.05) is 6.07 Å². The lowest BCUT2D eigenvalue weighted by molar-refractivity contribution is 1.02. The third-order valence-corrected chi connectivity index (χ3v) is 1.26. The topological polar surface area (TPSA) is 36.1 Å². The highest BCUT2D eigenvalue weighted by molar-refractivity contribution is 6.69. The number of hydrogen-bond donors (Lipinski definition) is 0. The summed E-state index contributed by atoms with van der Waals surface area (Å²) in [5.74, 6) is 0.229. The fraction of sp³-hybridized carbons (Fsp3) is 0.600. The summed E-state index contributed by atoms with van der Waals surface area (Å²) in [6.07, 6.45) is 0.396. The maximum atomic E-state index is 8.06. The van der Waals surface area contributed by atoms with E-state index < -0.39 is 0 Å². The van der Waals surface area contributed by atoms with Gasteiger partial charge in [-0.15, -0.1) is 11.6 Å². The van der Waals surface area contributed by atoms with Crippen LogP contribution in [0, 0.1) is 11.3 Å². The van der Waals surface area contributed by atoms with Crippen molar-refractivity contribution in [2.45, 2.75) is 6.42 Å². The molecule has 0 spiro atoms. The Kier molecular flexibility index (Phi) is 5.70. The van der Waals surface area contributed by atoms with Crippen LogP contribution in [0.1, 0.15) is 6.42 Å². The van der Waals surface area contributed by atoms with Crippen LogP contribution in [0.25, 0.3) is 0 Å². The van der Waals surface area contributed by atoms with Crippen molar-refractivity contribution in [3.05, 3.63) is 0 Å². The van der Waals surface area contributed by atoms with Crippen LogP contribution >= 0.6 is 23.2 Å². The van der Waals surface area contributed by atoms with E-state index in [0.29, 0.717) is 18.1 Å². The molecule has 0 unspecified atom stereocenters. The van der Waals surface area contributed by atoms with E-state index in [-0.39, 0.29) is 5.88 Å². The van der Waals surface area contributed by atoms with Crippen molar-refractivity contribution in [2.75, 3.05) is 12.4 Å². The number of halogens is 2. The number of alkyl halides is 1. The molecule has 0 radical (unpaired) electrons. The summed E-state index contributed by atoms with van der Waals surface area (Å²) in [7, 11) is 0. The van der Waals surface area contributed by atoms with Gasteiger partial charge in [0.2, 0.25) is 0 Å². The molecule has 0 heterocycles. The second kappa shape index (κ2) is 5.87. The van der Waals surface area contributed by atoms with Crippen molar-refractivity contribution >= 4 is 28.4 Å². The van der Waals surface area contributed by atoms with Gasteiger partial charge in [0, 0.05) is 0 Å². The van der Waals surface area contributed by atoms with E-state index in [2.05, 4.69) is 4.99 Å². The number of rotatable bonds is 3. The van der Waals surface area contributed by atoms with Gasteiger partial charge < -0.3 is 0 Å². The molecule has 50 valence electrons. The minimum absolute atomic E-state index is 0.229. The molecular formula is C5H6Cl2N2. The quantitative estimate of drug-likeness (QED) is 0.356. The summed E-state index contributed by atoms with van der Waals surface area (Å²) in [5, 5.41) is 8.42. The Morgan fingerprint density at radius 3 is 2.78 bits per heavy atom. The van der Waals surface area contributed by atoms with Crippen molar-refractivity contribution in [1.29, 1.82) is 5.26 Å². The second-order valence-electron chi connectivity index (χ2n) is 1.30. The van der Waals surface area contributed by atoms with E-state index in [4.69, 9.17) is 28.5 Å². The van der Waals surface area contributed by atoms with Crippen molar-refractivity contribution < 1.29 is 0 Å². The SMILES string of the molecule is N#CCCN=C(Cl)CCl. The van der Waals surface area contributed by atoms with E-state index in [1.165, 1.54) is 0 Å². The molecule has 0 N–H and O–H groups in total. The summed E-state index contributed by atoms with van der Waals surface area (Å²) in [6, 6.07) is 1.94. The standard InChI is InChI=1S/C5H6Cl2N2/c6-4-5(7)9-3-1-2-8/h1,3-4H2. The minimum Gasteiger partial charge on any atom is -0.275 e. The molecule has 0 aromatic carbocycles. The predicted octanol–water partition coefficient (Wildman–Crippen LogP) is 1.78. The fourth-order valence-electron chi connectivity index (χ4n) is 0.269. The Hall–Kier alpha value is -0.260. The molecule has 0 aliphatic carbocycles. The van der Waals surface area contributed by atoms with Gasteiger partial charge in [0.05, 0.1) is 24.9 Å². The van der Waals surface area contributed by atoms with Crippen molar-refractivity contribution in [3.63, 3.8) is 0 Å². The summed E-state index contributed by atoms with van der Waals surface area (Å²) in [4.78, 5) is 3.76. The van der Waals surface area contributed by atoms with Crippen LogP contribution in [0.15, 0.2) is 4.99 Å². The first-order valence-electron chi connectivity index (χ1n) is 2.43. The number of nitriles is 1. The summed E-state index contributed by atoms with van der Waals surface area (Å²) >= 11 is 10.7. The summed E-state index contributed by atoms with van der Waals surface area (Å²) < 4.78 is 0. The van der Waals surface area contributed by atoms with Gasteiger partial charge in [0.1, 0.15) is 5.17 Å². The zero-order chi connectivity index (χ0) is 7.11. The molecule has 0 fully saturated rings. The molecule has 0 amide bonds. The lowest BCUT2D eigenvalue weighted by Crippen LogP contribution is -1.89. The molecule has 0 rings (SSSR count). The lowest BCUT2D eigenvalue weighted by Gasteiger charge is -1.86. The molecule has 4 heteroatoms. The molecule has 0 aromatic rings. The van der Waals surface area contributed by atoms with Crippen LogP contribution < -0.4 is 0 Å². The number of aliphatic imine (C=N–C) groups is 1. The van der Waals surface area contributed by atoms with E-state index in [1.54, 1.807) is 0 Å². The second-order valence-corrected chi connectivity index (χ2v) is 2.00. The first-order chi connectivity index (χ1) is 4.31. The third kappa shape index (κ3) is 5.61. The van der Waals surface area contributed by atoms with E-state index in [0.717, 1.165) is 0 Å². The molecule has 0 bridgehead atoms. The molecule has 0 saturated carbocycles. The predicted molar refractivity (Wildman–Crippen MR) is 39.1 cm³/mol. The number of hydrogen-bond acceptors (Lipinski definition) is 2. The van der Waals surface area contributed by atoms with E-state index in [9.17, 15) is 0 Å². The molecule has 2 nitrogen and oxygen atoms in total. The maximum absolute atomic E-state index is 8.06. The van der Waals surface area contributed by atoms with Crippen molar-refractivity contribution in [3.8, 4) is 6.07 Å². The maximum Gasteiger partial charge on any atom is 0.115 e. The first-order valence-corrected chi connectivity index (χ1v) is 3.34. The highest BCUT2D eigenvalue weighted by Crippen LogP contribution is 1.90. The normalized spacial score (nSPS) is 11.0. The Labute approximate surface area is 64.1 Å². The number of nitrogens with zero attached hydrogens (tertiary/aromatic N) is 2. The average molecular weight is 165 g/mol. The molecule has 0 saturated heterocycles. The van der Waals surface area contributed by atoms with Gasteiger partial charge in [-0.3, -0.25) is 4.99 Å². The van der Waals surface area contributed by atoms with E-state index >= 15 is 0 Å². The smallest absolute Gasteiger partial charge is 0.115 e. The average Bonchev–Trinajstić information content (AvgIpc) is 1.89. The van der Waals surface area contributed by atoms with Gasteiger partial charge >= 0.3 is 0 Å². The monoisotopic (exact) mass is 164 g/mol.